The summed E-state index contributed by atoms with van der Waals surface area (Å²) < 4.78 is 5.08. The molecule has 0 atom stereocenters. The summed E-state index contributed by atoms with van der Waals surface area (Å²) in [6.07, 6.45) is 1.23. The summed E-state index contributed by atoms with van der Waals surface area (Å²) in [5.74, 6) is -0.664. The fraction of sp³-hybridized carbons (Fsp3) is 0.0909. The van der Waals surface area contributed by atoms with Gasteiger partial charge in [-0.25, -0.2) is 4.79 Å². The average molecular weight is 234 g/mol. The number of rotatable bonds is 3. The fourth-order valence-electron chi connectivity index (χ4n) is 1.54. The summed E-state index contributed by atoms with van der Waals surface area (Å²) in [5, 5.41) is 24.6. The molecule has 0 radical (unpaired) electrons. The molecule has 0 unspecified atom stereocenters. The fourth-order valence-corrected chi connectivity index (χ4v) is 1.54. The Morgan fingerprint density at radius 1 is 1.47 bits per heavy atom. The molecule has 0 amide bonds. The number of aromatic hydroxyl groups is 1. The largest absolute Gasteiger partial charge is 0.508 e. The third kappa shape index (κ3) is 1.92. The van der Waals surface area contributed by atoms with E-state index in [0.29, 0.717) is 17.0 Å². The Labute approximate surface area is 96.5 Å². The normalized spacial score (nSPS) is 10.2. The van der Waals surface area contributed by atoms with E-state index in [1.54, 1.807) is 6.07 Å². The number of nitrogens with one attached hydrogen (secondary N) is 1. The predicted octanol–water partition coefficient (Wildman–Crippen LogP) is 1.49. The van der Waals surface area contributed by atoms with Gasteiger partial charge in [0.1, 0.15) is 17.1 Å². The molecule has 0 spiro atoms. The number of H-pyrrole nitrogens is 1. The van der Waals surface area contributed by atoms with E-state index in [1.807, 2.05) is 0 Å². The average Bonchev–Trinajstić information content (AvgIpc) is 2.77. The molecule has 1 aromatic carbocycles. The molecule has 1 aromatic heterocycles. The molecular weight excluding hydrogens is 224 g/mol. The Bertz CT molecular complexity index is 562. The van der Waals surface area contributed by atoms with Gasteiger partial charge in [0.05, 0.1) is 19.0 Å². The minimum absolute atomic E-state index is 0.0435. The maximum Gasteiger partial charge on any atom is 0.339 e. The van der Waals surface area contributed by atoms with Crippen LogP contribution in [0.25, 0.3) is 11.3 Å². The lowest BCUT2D eigenvalue weighted by Crippen LogP contribution is -1.98. The van der Waals surface area contributed by atoms with Gasteiger partial charge >= 0.3 is 5.97 Å². The van der Waals surface area contributed by atoms with E-state index in [0.717, 1.165) is 0 Å². The molecule has 0 fully saturated rings. The SMILES string of the molecule is COc1cc(O)ccc1-c1[nH]ncc1C(=O)O. The van der Waals surface area contributed by atoms with E-state index in [4.69, 9.17) is 9.84 Å². The van der Waals surface area contributed by atoms with Gasteiger partial charge in [-0.15, -0.1) is 0 Å². The molecule has 88 valence electrons. The van der Waals surface area contributed by atoms with Crippen molar-refractivity contribution < 1.29 is 19.7 Å². The van der Waals surface area contributed by atoms with E-state index in [2.05, 4.69) is 10.2 Å². The quantitative estimate of drug-likeness (QED) is 0.747. The van der Waals surface area contributed by atoms with Crippen molar-refractivity contribution in [3.8, 4) is 22.8 Å². The van der Waals surface area contributed by atoms with Gasteiger partial charge in [0.15, 0.2) is 0 Å². The van der Waals surface area contributed by atoms with Crippen LogP contribution in [0.5, 0.6) is 11.5 Å². The Hall–Kier alpha value is -2.50. The number of nitrogens with zero attached hydrogens (tertiary/aromatic N) is 1. The highest BCUT2D eigenvalue weighted by Crippen LogP contribution is 2.33. The highest BCUT2D eigenvalue weighted by molar-refractivity contribution is 5.95. The van der Waals surface area contributed by atoms with Crippen molar-refractivity contribution in [1.29, 1.82) is 0 Å². The number of ether oxygens (including phenoxy) is 1. The Balaban J connectivity index is 2.60. The van der Waals surface area contributed by atoms with Crippen LogP contribution in [0, 0.1) is 0 Å². The Morgan fingerprint density at radius 2 is 2.24 bits per heavy atom. The lowest BCUT2D eigenvalue weighted by atomic mass is 10.1. The van der Waals surface area contributed by atoms with Crippen molar-refractivity contribution >= 4 is 5.97 Å². The van der Waals surface area contributed by atoms with Crippen LogP contribution in [0.2, 0.25) is 0 Å². The van der Waals surface area contributed by atoms with Crippen molar-refractivity contribution in [3.05, 3.63) is 30.0 Å². The van der Waals surface area contributed by atoms with Crippen LogP contribution >= 0.6 is 0 Å². The number of hydrogen-bond donors (Lipinski definition) is 3. The van der Waals surface area contributed by atoms with Gasteiger partial charge in [0, 0.05) is 11.6 Å². The number of carboxylic acids is 1. The summed E-state index contributed by atoms with van der Waals surface area (Å²) in [5.41, 5.74) is 0.920. The second-order valence-corrected chi connectivity index (χ2v) is 3.35. The zero-order valence-corrected chi connectivity index (χ0v) is 8.97. The van der Waals surface area contributed by atoms with E-state index in [1.165, 1.54) is 25.4 Å². The lowest BCUT2D eigenvalue weighted by molar-refractivity contribution is 0.0698. The number of hydrogen-bond acceptors (Lipinski definition) is 4. The molecular formula is C11H10N2O4. The van der Waals surface area contributed by atoms with E-state index >= 15 is 0 Å². The Kier molecular flexibility index (Phi) is 2.70. The molecule has 0 saturated carbocycles. The van der Waals surface area contributed by atoms with Crippen LogP contribution in [0.4, 0.5) is 0 Å². The van der Waals surface area contributed by atoms with Gasteiger partial charge < -0.3 is 14.9 Å². The van der Waals surface area contributed by atoms with Crippen molar-refractivity contribution in [2.24, 2.45) is 0 Å². The third-order valence-electron chi connectivity index (χ3n) is 2.32. The summed E-state index contributed by atoms with van der Waals surface area (Å²) in [6, 6.07) is 4.42. The van der Waals surface area contributed by atoms with Crippen LogP contribution in [0.1, 0.15) is 10.4 Å². The molecule has 2 rings (SSSR count). The third-order valence-corrected chi connectivity index (χ3v) is 2.32. The summed E-state index contributed by atoms with van der Waals surface area (Å²) in [4.78, 5) is 11.0. The molecule has 0 saturated heterocycles. The number of carbonyl (C=O) groups is 1. The van der Waals surface area contributed by atoms with Gasteiger partial charge in [-0.05, 0) is 12.1 Å². The zero-order chi connectivity index (χ0) is 12.4. The van der Waals surface area contributed by atoms with Crippen LogP contribution in [-0.4, -0.2) is 33.5 Å². The first kappa shape index (κ1) is 11.0. The van der Waals surface area contributed by atoms with Crippen molar-refractivity contribution in [2.45, 2.75) is 0 Å². The van der Waals surface area contributed by atoms with Gasteiger partial charge in [0.25, 0.3) is 0 Å². The monoisotopic (exact) mass is 234 g/mol. The first-order valence-corrected chi connectivity index (χ1v) is 4.77. The summed E-state index contributed by atoms with van der Waals surface area (Å²) in [7, 11) is 1.44. The Morgan fingerprint density at radius 3 is 2.88 bits per heavy atom. The minimum atomic E-state index is -1.08. The standard InChI is InChI=1S/C11H10N2O4/c1-17-9-4-6(14)2-3-7(9)10-8(11(15)16)5-12-13-10/h2-5,14H,1H3,(H,12,13)(H,15,16). The van der Waals surface area contributed by atoms with Gasteiger partial charge in [0.2, 0.25) is 0 Å². The molecule has 2 aromatic rings. The van der Waals surface area contributed by atoms with E-state index in [-0.39, 0.29) is 11.3 Å². The van der Waals surface area contributed by atoms with Gasteiger partial charge in [-0.1, -0.05) is 0 Å². The summed E-state index contributed by atoms with van der Waals surface area (Å²) >= 11 is 0. The molecule has 0 aliphatic carbocycles. The smallest absolute Gasteiger partial charge is 0.339 e. The summed E-state index contributed by atoms with van der Waals surface area (Å²) in [6.45, 7) is 0. The first-order chi connectivity index (χ1) is 8.13. The van der Waals surface area contributed by atoms with Crippen LogP contribution in [0.3, 0.4) is 0 Å². The van der Waals surface area contributed by atoms with Crippen molar-refractivity contribution in [3.63, 3.8) is 0 Å². The number of phenolic OH excluding ortho intramolecular Hbond substituents is 1. The minimum Gasteiger partial charge on any atom is -0.508 e. The number of carboxylic acid groups (broad SMARTS) is 1. The van der Waals surface area contributed by atoms with Crippen LogP contribution in [-0.2, 0) is 0 Å². The second-order valence-electron chi connectivity index (χ2n) is 3.35. The molecule has 17 heavy (non-hydrogen) atoms. The molecule has 0 aliphatic rings. The number of methoxy groups -OCH3 is 1. The van der Waals surface area contributed by atoms with Crippen molar-refractivity contribution in [1.82, 2.24) is 10.2 Å². The van der Waals surface area contributed by atoms with Gasteiger partial charge in [-0.3, -0.25) is 5.10 Å². The molecule has 0 aliphatic heterocycles. The number of aromatic carboxylic acids is 1. The van der Waals surface area contributed by atoms with Crippen LogP contribution < -0.4 is 4.74 Å². The number of phenols is 1. The molecule has 3 N–H and O–H groups in total. The number of benzene rings is 1. The van der Waals surface area contributed by atoms with E-state index in [9.17, 15) is 9.90 Å². The van der Waals surface area contributed by atoms with Gasteiger partial charge in [-0.2, -0.15) is 5.10 Å². The zero-order valence-electron chi connectivity index (χ0n) is 8.97. The molecule has 6 nitrogen and oxygen atoms in total. The maximum atomic E-state index is 11.0. The second kappa shape index (κ2) is 4.17. The highest BCUT2D eigenvalue weighted by Gasteiger charge is 2.17. The van der Waals surface area contributed by atoms with E-state index < -0.39 is 5.97 Å². The van der Waals surface area contributed by atoms with Crippen LogP contribution in [0.15, 0.2) is 24.4 Å². The highest BCUT2D eigenvalue weighted by atomic mass is 16.5. The topological polar surface area (TPSA) is 95.4 Å². The van der Waals surface area contributed by atoms with Crippen molar-refractivity contribution in [2.75, 3.05) is 7.11 Å². The predicted molar refractivity (Wildman–Crippen MR) is 59.2 cm³/mol. The first-order valence-electron chi connectivity index (χ1n) is 4.77. The lowest BCUT2D eigenvalue weighted by Gasteiger charge is -2.07. The molecule has 1 heterocycles. The molecule has 6 heteroatoms. The molecule has 0 bridgehead atoms. The maximum absolute atomic E-state index is 11.0. The number of aromatic amines is 1. The number of aromatic nitrogens is 2.